The molecule has 1 aliphatic heterocycles. The van der Waals surface area contributed by atoms with Gasteiger partial charge in [0.05, 0.1) is 0 Å². The van der Waals surface area contributed by atoms with Crippen molar-refractivity contribution < 1.29 is 4.79 Å². The van der Waals surface area contributed by atoms with Gasteiger partial charge in [0.1, 0.15) is 0 Å². The van der Waals surface area contributed by atoms with Gasteiger partial charge in [0.2, 0.25) is 0 Å². The number of amides is 2. The maximum Gasteiger partial charge on any atom is 0.321 e. The van der Waals surface area contributed by atoms with Crippen LogP contribution in [0.25, 0.3) is 0 Å². The molecule has 0 unspecified atom stereocenters. The second kappa shape index (κ2) is 7.36. The fourth-order valence-electron chi connectivity index (χ4n) is 3.17. The van der Waals surface area contributed by atoms with Crippen LogP contribution in [0.5, 0.6) is 0 Å². The number of urea groups is 1. The lowest BCUT2D eigenvalue weighted by Crippen LogP contribution is -2.50. The van der Waals surface area contributed by atoms with Gasteiger partial charge in [0, 0.05) is 42.6 Å². The number of nitrogens with one attached hydrogen (secondary N) is 1. The summed E-state index contributed by atoms with van der Waals surface area (Å²) in [5.41, 5.74) is 5.55. The molecule has 5 heteroatoms. The van der Waals surface area contributed by atoms with Crippen LogP contribution in [0.3, 0.4) is 0 Å². The SMILES string of the molecule is Cc1cccc(N2CCN(C(=O)Nc3cccc(Cl)c3C)CC2)c1C. The van der Waals surface area contributed by atoms with Crippen molar-refractivity contribution in [3.05, 3.63) is 58.1 Å². The zero-order valence-electron chi connectivity index (χ0n) is 15.0. The molecule has 132 valence electrons. The summed E-state index contributed by atoms with van der Waals surface area (Å²) in [5.74, 6) is 0. The third kappa shape index (κ3) is 3.74. The molecule has 1 fully saturated rings. The monoisotopic (exact) mass is 357 g/mol. The van der Waals surface area contributed by atoms with Crippen LogP contribution in [0.4, 0.5) is 16.2 Å². The van der Waals surface area contributed by atoms with Gasteiger partial charge in [-0.25, -0.2) is 4.79 Å². The first-order chi connectivity index (χ1) is 12.0. The third-order valence-corrected chi connectivity index (χ3v) is 5.40. The van der Waals surface area contributed by atoms with Crippen molar-refractivity contribution in [3.63, 3.8) is 0 Å². The van der Waals surface area contributed by atoms with E-state index in [0.29, 0.717) is 18.1 Å². The Labute approximate surface area is 154 Å². The van der Waals surface area contributed by atoms with Crippen molar-refractivity contribution in [2.24, 2.45) is 0 Å². The van der Waals surface area contributed by atoms with Crippen LogP contribution >= 0.6 is 11.6 Å². The number of halogens is 1. The highest BCUT2D eigenvalue weighted by Gasteiger charge is 2.22. The van der Waals surface area contributed by atoms with Crippen LogP contribution < -0.4 is 10.2 Å². The second-order valence-corrected chi connectivity index (χ2v) is 6.94. The van der Waals surface area contributed by atoms with Crippen LogP contribution in [0, 0.1) is 20.8 Å². The highest BCUT2D eigenvalue weighted by atomic mass is 35.5. The number of nitrogens with zero attached hydrogens (tertiary/aromatic N) is 2. The number of piperazine rings is 1. The molecule has 0 spiro atoms. The molecule has 2 amide bonds. The Balaban J connectivity index is 1.63. The number of carbonyl (C=O) groups excluding carboxylic acids is 1. The number of hydrogen-bond acceptors (Lipinski definition) is 2. The molecule has 0 atom stereocenters. The topological polar surface area (TPSA) is 35.6 Å². The highest BCUT2D eigenvalue weighted by molar-refractivity contribution is 6.31. The Morgan fingerprint density at radius 3 is 2.36 bits per heavy atom. The molecule has 0 aliphatic carbocycles. The van der Waals surface area contributed by atoms with Gasteiger partial charge in [-0.2, -0.15) is 0 Å². The minimum Gasteiger partial charge on any atom is -0.368 e. The average molecular weight is 358 g/mol. The van der Waals surface area contributed by atoms with Gasteiger partial charge in [-0.05, 0) is 55.7 Å². The Bertz CT molecular complexity index is 783. The van der Waals surface area contributed by atoms with Crippen molar-refractivity contribution in [2.45, 2.75) is 20.8 Å². The zero-order valence-corrected chi connectivity index (χ0v) is 15.7. The lowest BCUT2D eigenvalue weighted by atomic mass is 10.1. The molecule has 1 aliphatic rings. The first-order valence-corrected chi connectivity index (χ1v) is 8.97. The van der Waals surface area contributed by atoms with Gasteiger partial charge >= 0.3 is 6.03 Å². The number of benzene rings is 2. The summed E-state index contributed by atoms with van der Waals surface area (Å²) in [6.07, 6.45) is 0. The molecule has 25 heavy (non-hydrogen) atoms. The summed E-state index contributed by atoms with van der Waals surface area (Å²) in [5, 5.41) is 3.64. The van der Waals surface area contributed by atoms with E-state index in [1.54, 1.807) is 0 Å². The number of rotatable bonds is 2. The molecule has 1 heterocycles. The van der Waals surface area contributed by atoms with E-state index in [1.807, 2.05) is 30.0 Å². The Kier molecular flexibility index (Phi) is 5.19. The standard InChI is InChI=1S/C20H24ClN3O/c1-14-6-4-9-19(15(14)2)23-10-12-24(13-11-23)20(25)22-18-8-5-7-17(21)16(18)3/h4-9H,10-13H2,1-3H3,(H,22,25). The molecule has 1 saturated heterocycles. The van der Waals surface area contributed by atoms with E-state index in [9.17, 15) is 4.79 Å². The van der Waals surface area contributed by atoms with Gasteiger partial charge in [-0.15, -0.1) is 0 Å². The second-order valence-electron chi connectivity index (χ2n) is 6.54. The fourth-order valence-corrected chi connectivity index (χ4v) is 3.34. The van der Waals surface area contributed by atoms with Gasteiger partial charge in [-0.3, -0.25) is 0 Å². The molecule has 2 aromatic rings. The van der Waals surface area contributed by atoms with Crippen LogP contribution in [-0.4, -0.2) is 37.1 Å². The Hall–Kier alpha value is -2.20. The molecule has 2 aromatic carbocycles. The summed E-state index contributed by atoms with van der Waals surface area (Å²) < 4.78 is 0. The van der Waals surface area contributed by atoms with E-state index in [4.69, 9.17) is 11.6 Å². The van der Waals surface area contributed by atoms with E-state index in [0.717, 1.165) is 24.3 Å². The molecule has 4 nitrogen and oxygen atoms in total. The largest absolute Gasteiger partial charge is 0.368 e. The molecule has 0 aromatic heterocycles. The van der Waals surface area contributed by atoms with E-state index < -0.39 is 0 Å². The lowest BCUT2D eigenvalue weighted by Gasteiger charge is -2.37. The summed E-state index contributed by atoms with van der Waals surface area (Å²) in [7, 11) is 0. The average Bonchev–Trinajstić information content (AvgIpc) is 2.61. The first kappa shape index (κ1) is 17.6. The highest BCUT2D eigenvalue weighted by Crippen LogP contribution is 2.25. The van der Waals surface area contributed by atoms with Crippen molar-refractivity contribution in [3.8, 4) is 0 Å². The van der Waals surface area contributed by atoms with E-state index >= 15 is 0 Å². The van der Waals surface area contributed by atoms with E-state index in [-0.39, 0.29) is 6.03 Å². The minimum absolute atomic E-state index is 0.0639. The molecular weight excluding hydrogens is 334 g/mol. The molecule has 0 saturated carbocycles. The molecule has 0 bridgehead atoms. The number of hydrogen-bond donors (Lipinski definition) is 1. The van der Waals surface area contributed by atoms with Gasteiger partial charge < -0.3 is 15.1 Å². The molecule has 1 N–H and O–H groups in total. The Morgan fingerprint density at radius 2 is 1.64 bits per heavy atom. The lowest BCUT2D eigenvalue weighted by molar-refractivity contribution is 0.208. The van der Waals surface area contributed by atoms with Crippen molar-refractivity contribution in [2.75, 3.05) is 36.4 Å². The summed E-state index contributed by atoms with van der Waals surface area (Å²) >= 11 is 6.13. The van der Waals surface area contributed by atoms with Gasteiger partial charge in [0.25, 0.3) is 0 Å². The normalized spacial score (nSPS) is 14.6. The van der Waals surface area contributed by atoms with Gasteiger partial charge in [0.15, 0.2) is 0 Å². The predicted molar refractivity (Wildman–Crippen MR) is 105 cm³/mol. The van der Waals surface area contributed by atoms with E-state index in [2.05, 4.69) is 42.3 Å². The van der Waals surface area contributed by atoms with Crippen LogP contribution in [0.2, 0.25) is 5.02 Å². The number of anilines is 2. The summed E-state index contributed by atoms with van der Waals surface area (Å²) in [6, 6.07) is 11.9. The first-order valence-electron chi connectivity index (χ1n) is 8.59. The minimum atomic E-state index is -0.0639. The number of aryl methyl sites for hydroxylation is 1. The van der Waals surface area contributed by atoms with E-state index in [1.165, 1.54) is 16.8 Å². The smallest absolute Gasteiger partial charge is 0.321 e. The molecule has 0 radical (unpaired) electrons. The van der Waals surface area contributed by atoms with Crippen molar-refractivity contribution in [1.29, 1.82) is 0 Å². The van der Waals surface area contributed by atoms with Crippen LogP contribution in [0.15, 0.2) is 36.4 Å². The predicted octanol–water partition coefficient (Wildman–Crippen LogP) is 4.62. The maximum absolute atomic E-state index is 12.5. The Morgan fingerprint density at radius 1 is 0.960 bits per heavy atom. The third-order valence-electron chi connectivity index (χ3n) is 4.99. The molecular formula is C20H24ClN3O. The van der Waals surface area contributed by atoms with Crippen LogP contribution in [-0.2, 0) is 0 Å². The quantitative estimate of drug-likeness (QED) is 0.851. The van der Waals surface area contributed by atoms with Crippen LogP contribution in [0.1, 0.15) is 16.7 Å². The fraction of sp³-hybridized carbons (Fsp3) is 0.350. The van der Waals surface area contributed by atoms with Gasteiger partial charge in [-0.1, -0.05) is 29.8 Å². The summed E-state index contributed by atoms with van der Waals surface area (Å²) in [4.78, 5) is 16.8. The number of carbonyl (C=O) groups is 1. The van der Waals surface area contributed by atoms with Crippen molar-refractivity contribution >= 4 is 29.0 Å². The maximum atomic E-state index is 12.5. The van der Waals surface area contributed by atoms with Crippen molar-refractivity contribution in [1.82, 2.24) is 4.90 Å². The summed E-state index contributed by atoms with van der Waals surface area (Å²) in [6.45, 7) is 9.30. The molecule has 3 rings (SSSR count). The zero-order chi connectivity index (χ0) is 18.0.